The lowest BCUT2D eigenvalue weighted by Crippen LogP contribution is -2.51. The number of benzene rings is 3. The number of sulfonamides is 1. The molecular formula is C30H36ClN3O6S. The maximum absolute atomic E-state index is 14.0. The van der Waals surface area contributed by atoms with Crippen molar-refractivity contribution >= 4 is 39.1 Å². The normalized spacial score (nSPS) is 11.8. The number of carbonyl (C=O) groups is 2. The first-order valence-electron chi connectivity index (χ1n) is 13.2. The molecule has 1 N–H and O–H groups in total. The molecular weight excluding hydrogens is 566 g/mol. The van der Waals surface area contributed by atoms with Gasteiger partial charge in [-0.3, -0.25) is 13.9 Å². The zero-order chi connectivity index (χ0) is 30.0. The molecule has 0 heterocycles. The maximum Gasteiger partial charge on any atom is 0.264 e. The van der Waals surface area contributed by atoms with Gasteiger partial charge in [0.2, 0.25) is 11.8 Å². The molecule has 1 atom stereocenters. The summed E-state index contributed by atoms with van der Waals surface area (Å²) >= 11 is 6.21. The lowest BCUT2D eigenvalue weighted by Gasteiger charge is -2.32. The topological polar surface area (TPSA) is 105 Å². The van der Waals surface area contributed by atoms with Crippen LogP contribution in [0.3, 0.4) is 0 Å². The van der Waals surface area contributed by atoms with E-state index in [1.54, 1.807) is 50.4 Å². The Hall–Kier alpha value is -3.76. The molecule has 0 aliphatic rings. The quantitative estimate of drug-likeness (QED) is 0.264. The third-order valence-electron chi connectivity index (χ3n) is 6.51. The average Bonchev–Trinajstić information content (AvgIpc) is 2.98. The predicted octanol–water partition coefficient (Wildman–Crippen LogP) is 4.89. The highest BCUT2D eigenvalue weighted by Crippen LogP contribution is 2.28. The average molecular weight is 602 g/mol. The minimum atomic E-state index is -4.22. The van der Waals surface area contributed by atoms with E-state index in [0.717, 1.165) is 22.7 Å². The van der Waals surface area contributed by atoms with Crippen LogP contribution < -0.4 is 19.1 Å². The van der Waals surface area contributed by atoms with Gasteiger partial charge in [-0.15, -0.1) is 0 Å². The number of rotatable bonds is 14. The number of nitrogens with one attached hydrogen (secondary N) is 1. The standard InChI is InChI=1S/C30H36ClN3O6S/c1-5-6-17-32-30(36)22(2)33(20-23-9-7-12-27(18-23)40-4)29(35)21-34(25-11-8-10-24(31)19-25)41(37,38)28-15-13-26(39-3)14-16-28/h7-16,18-19,22H,5-6,17,20-21H2,1-4H3,(H,32,36)/t22-/m0/s1. The van der Waals surface area contributed by atoms with Crippen LogP contribution in [0.25, 0.3) is 0 Å². The molecule has 0 spiro atoms. The summed E-state index contributed by atoms with van der Waals surface area (Å²) in [6.45, 7) is 3.61. The molecule has 2 amide bonds. The zero-order valence-electron chi connectivity index (χ0n) is 23.7. The molecule has 0 fully saturated rings. The van der Waals surface area contributed by atoms with Gasteiger partial charge in [0.15, 0.2) is 0 Å². The second-order valence-corrected chi connectivity index (χ2v) is 11.7. The highest BCUT2D eigenvalue weighted by molar-refractivity contribution is 7.92. The van der Waals surface area contributed by atoms with Crippen LogP contribution in [-0.2, 0) is 26.2 Å². The summed E-state index contributed by atoms with van der Waals surface area (Å²) in [7, 11) is -1.20. The van der Waals surface area contributed by atoms with Crippen LogP contribution in [0, 0.1) is 0 Å². The number of halogens is 1. The molecule has 3 aromatic rings. The molecule has 220 valence electrons. The predicted molar refractivity (Wildman–Crippen MR) is 160 cm³/mol. The molecule has 0 unspecified atom stereocenters. The summed E-state index contributed by atoms with van der Waals surface area (Å²) in [5.74, 6) is 0.185. The largest absolute Gasteiger partial charge is 0.497 e. The van der Waals surface area contributed by atoms with Crippen LogP contribution in [0.4, 0.5) is 5.69 Å². The van der Waals surface area contributed by atoms with Crippen molar-refractivity contribution in [3.05, 3.63) is 83.4 Å². The van der Waals surface area contributed by atoms with Gasteiger partial charge in [-0.1, -0.05) is 43.1 Å². The third kappa shape index (κ3) is 8.37. The smallest absolute Gasteiger partial charge is 0.264 e. The van der Waals surface area contributed by atoms with Gasteiger partial charge >= 0.3 is 0 Å². The number of hydrogen-bond acceptors (Lipinski definition) is 6. The van der Waals surface area contributed by atoms with Gasteiger partial charge in [-0.05, 0) is 73.5 Å². The number of hydrogen-bond donors (Lipinski definition) is 1. The molecule has 0 saturated carbocycles. The Morgan fingerprint density at radius 1 is 0.951 bits per heavy atom. The fourth-order valence-corrected chi connectivity index (χ4v) is 5.71. The SMILES string of the molecule is CCCCNC(=O)[C@H](C)N(Cc1cccc(OC)c1)C(=O)CN(c1cccc(Cl)c1)S(=O)(=O)c1ccc(OC)cc1. The summed E-state index contributed by atoms with van der Waals surface area (Å²) in [4.78, 5) is 28.4. The highest BCUT2D eigenvalue weighted by Gasteiger charge is 2.32. The van der Waals surface area contributed by atoms with Gasteiger partial charge in [-0.25, -0.2) is 8.42 Å². The summed E-state index contributed by atoms with van der Waals surface area (Å²) in [6, 6.07) is 18.4. The first-order chi connectivity index (χ1) is 19.6. The molecule has 9 nitrogen and oxygen atoms in total. The van der Waals surface area contributed by atoms with Gasteiger partial charge < -0.3 is 19.7 Å². The van der Waals surface area contributed by atoms with Crippen molar-refractivity contribution in [2.24, 2.45) is 0 Å². The molecule has 0 aliphatic heterocycles. The molecule has 11 heteroatoms. The van der Waals surface area contributed by atoms with Crippen molar-refractivity contribution in [3.8, 4) is 11.5 Å². The van der Waals surface area contributed by atoms with Crippen molar-refractivity contribution in [2.75, 3.05) is 31.6 Å². The van der Waals surface area contributed by atoms with Crippen LogP contribution in [0.1, 0.15) is 32.3 Å². The van der Waals surface area contributed by atoms with Crippen molar-refractivity contribution in [2.45, 2.75) is 44.2 Å². The lowest BCUT2D eigenvalue weighted by atomic mass is 10.1. The van der Waals surface area contributed by atoms with Crippen LogP contribution in [0.15, 0.2) is 77.7 Å². The zero-order valence-corrected chi connectivity index (χ0v) is 25.2. The first-order valence-corrected chi connectivity index (χ1v) is 15.0. The molecule has 3 rings (SSSR count). The van der Waals surface area contributed by atoms with Gasteiger partial charge in [-0.2, -0.15) is 0 Å². The summed E-state index contributed by atoms with van der Waals surface area (Å²) in [5.41, 5.74) is 0.932. The number of anilines is 1. The van der Waals surface area contributed by atoms with Crippen molar-refractivity contribution < 1.29 is 27.5 Å². The van der Waals surface area contributed by atoms with Crippen molar-refractivity contribution in [3.63, 3.8) is 0 Å². The number of unbranched alkanes of at least 4 members (excludes halogenated alkanes) is 1. The van der Waals surface area contributed by atoms with E-state index in [1.165, 1.54) is 42.3 Å². The second-order valence-electron chi connectivity index (χ2n) is 9.36. The lowest BCUT2D eigenvalue weighted by molar-refractivity contribution is -0.139. The Morgan fingerprint density at radius 2 is 1.63 bits per heavy atom. The minimum Gasteiger partial charge on any atom is -0.497 e. The summed E-state index contributed by atoms with van der Waals surface area (Å²) in [5, 5.41) is 3.17. The van der Waals surface area contributed by atoms with Crippen LogP contribution in [0.5, 0.6) is 11.5 Å². The number of nitrogens with zero attached hydrogens (tertiary/aromatic N) is 2. The number of ether oxygens (including phenoxy) is 2. The van der Waals surface area contributed by atoms with E-state index in [-0.39, 0.29) is 23.0 Å². The molecule has 0 aromatic heterocycles. The van der Waals surface area contributed by atoms with E-state index >= 15 is 0 Å². The Morgan fingerprint density at radius 3 is 2.27 bits per heavy atom. The van der Waals surface area contributed by atoms with Crippen LogP contribution in [-0.4, -0.2) is 58.5 Å². The summed E-state index contributed by atoms with van der Waals surface area (Å²) < 4.78 is 39.3. The summed E-state index contributed by atoms with van der Waals surface area (Å²) in [6.07, 6.45) is 1.70. The molecule has 0 aliphatic carbocycles. The molecule has 0 bridgehead atoms. The van der Waals surface area contributed by atoms with Crippen LogP contribution in [0.2, 0.25) is 5.02 Å². The van der Waals surface area contributed by atoms with Crippen molar-refractivity contribution in [1.29, 1.82) is 0 Å². The Bertz CT molecular complexity index is 1430. The number of amides is 2. The third-order valence-corrected chi connectivity index (χ3v) is 8.53. The van der Waals surface area contributed by atoms with Gasteiger partial charge in [0.25, 0.3) is 10.0 Å². The van der Waals surface area contributed by atoms with E-state index in [0.29, 0.717) is 23.1 Å². The fraction of sp³-hybridized carbons (Fsp3) is 0.333. The van der Waals surface area contributed by atoms with Gasteiger partial charge in [0.05, 0.1) is 24.8 Å². The number of carbonyl (C=O) groups excluding carboxylic acids is 2. The fourth-order valence-electron chi connectivity index (χ4n) is 4.12. The molecule has 3 aromatic carbocycles. The van der Waals surface area contributed by atoms with E-state index in [1.807, 2.05) is 13.0 Å². The van der Waals surface area contributed by atoms with Gasteiger partial charge in [0.1, 0.15) is 24.1 Å². The maximum atomic E-state index is 14.0. The van der Waals surface area contributed by atoms with E-state index < -0.39 is 28.5 Å². The minimum absolute atomic E-state index is 0.0317. The Labute approximate surface area is 247 Å². The Balaban J connectivity index is 2.01. The highest BCUT2D eigenvalue weighted by atomic mass is 35.5. The second kappa shape index (κ2) is 14.7. The van der Waals surface area contributed by atoms with Crippen LogP contribution >= 0.6 is 11.6 Å². The van der Waals surface area contributed by atoms with E-state index in [9.17, 15) is 18.0 Å². The molecule has 41 heavy (non-hydrogen) atoms. The first kappa shape index (κ1) is 31.8. The molecule has 0 saturated heterocycles. The van der Waals surface area contributed by atoms with Gasteiger partial charge in [0, 0.05) is 18.1 Å². The van der Waals surface area contributed by atoms with Crippen molar-refractivity contribution in [1.82, 2.24) is 10.2 Å². The molecule has 0 radical (unpaired) electrons. The van der Waals surface area contributed by atoms with E-state index in [2.05, 4.69) is 5.32 Å². The van der Waals surface area contributed by atoms with E-state index in [4.69, 9.17) is 21.1 Å². The Kier molecular flexibility index (Phi) is 11.4. The number of methoxy groups -OCH3 is 2. The monoisotopic (exact) mass is 601 g/mol.